The van der Waals surface area contributed by atoms with Crippen LogP contribution in [-0.4, -0.2) is 30.1 Å². The Morgan fingerprint density at radius 1 is 1.06 bits per heavy atom. The molecule has 0 bridgehead atoms. The molecule has 16 heavy (non-hydrogen) atoms. The number of rotatable bonds is 2. The van der Waals surface area contributed by atoms with Gasteiger partial charge >= 0.3 is 0 Å². The molecule has 94 valence electrons. The Labute approximate surface area is 101 Å². The van der Waals surface area contributed by atoms with Crippen molar-refractivity contribution in [2.75, 3.05) is 19.6 Å². The fraction of sp³-hybridized carbons (Fsp3) is 1.00. The smallest absolute Gasteiger partial charge is 0.0331 e. The highest BCUT2D eigenvalue weighted by Crippen LogP contribution is 2.34. The highest BCUT2D eigenvalue weighted by atomic mass is 15.2. The lowest BCUT2D eigenvalue weighted by Crippen LogP contribution is -2.56. The number of likely N-dealkylation sites (tertiary alicyclic amines) is 1. The van der Waals surface area contributed by atoms with Crippen LogP contribution in [0.15, 0.2) is 0 Å². The van der Waals surface area contributed by atoms with Gasteiger partial charge in [0.1, 0.15) is 0 Å². The summed E-state index contributed by atoms with van der Waals surface area (Å²) in [4.78, 5) is 2.73. The second kappa shape index (κ2) is 5.50. The first kappa shape index (κ1) is 12.4. The van der Waals surface area contributed by atoms with Crippen molar-refractivity contribution in [3.05, 3.63) is 0 Å². The summed E-state index contributed by atoms with van der Waals surface area (Å²) in [6.45, 7) is 5.84. The van der Waals surface area contributed by atoms with Gasteiger partial charge in [-0.25, -0.2) is 0 Å². The maximum absolute atomic E-state index is 6.13. The summed E-state index contributed by atoms with van der Waals surface area (Å²) in [5, 5.41) is 0. The van der Waals surface area contributed by atoms with E-state index in [-0.39, 0.29) is 0 Å². The zero-order valence-electron chi connectivity index (χ0n) is 10.9. The molecule has 1 saturated heterocycles. The highest BCUT2D eigenvalue weighted by molar-refractivity contribution is 4.94. The van der Waals surface area contributed by atoms with E-state index in [1.165, 1.54) is 64.5 Å². The van der Waals surface area contributed by atoms with Crippen molar-refractivity contribution in [3.8, 4) is 0 Å². The molecule has 1 heterocycles. The molecular formula is C14H28N2. The largest absolute Gasteiger partial charge is 0.329 e. The average molecular weight is 224 g/mol. The molecule has 2 fully saturated rings. The number of hydrogen-bond acceptors (Lipinski definition) is 2. The molecule has 0 spiro atoms. The molecule has 1 saturated carbocycles. The van der Waals surface area contributed by atoms with Gasteiger partial charge in [0.15, 0.2) is 0 Å². The third-order valence-corrected chi connectivity index (χ3v) is 4.87. The quantitative estimate of drug-likeness (QED) is 0.731. The maximum Gasteiger partial charge on any atom is 0.0331 e. The Bertz CT molecular complexity index is 199. The highest BCUT2D eigenvalue weighted by Gasteiger charge is 2.36. The molecule has 0 aromatic rings. The van der Waals surface area contributed by atoms with Crippen molar-refractivity contribution in [1.82, 2.24) is 4.90 Å². The first-order valence-corrected chi connectivity index (χ1v) is 7.22. The van der Waals surface area contributed by atoms with Gasteiger partial charge in [0.25, 0.3) is 0 Å². The number of piperidine rings is 1. The van der Waals surface area contributed by atoms with Crippen molar-refractivity contribution in [3.63, 3.8) is 0 Å². The third kappa shape index (κ3) is 2.60. The minimum atomic E-state index is 0.372. The van der Waals surface area contributed by atoms with Crippen molar-refractivity contribution >= 4 is 0 Å². The lowest BCUT2D eigenvalue weighted by molar-refractivity contribution is 0.0455. The van der Waals surface area contributed by atoms with E-state index in [4.69, 9.17) is 5.73 Å². The second-order valence-corrected chi connectivity index (χ2v) is 6.01. The van der Waals surface area contributed by atoms with Gasteiger partial charge in [-0.2, -0.15) is 0 Å². The van der Waals surface area contributed by atoms with Gasteiger partial charge < -0.3 is 5.73 Å². The van der Waals surface area contributed by atoms with Crippen LogP contribution in [0.25, 0.3) is 0 Å². The Balaban J connectivity index is 2.01. The van der Waals surface area contributed by atoms with Crippen LogP contribution in [0.5, 0.6) is 0 Å². The minimum Gasteiger partial charge on any atom is -0.329 e. The van der Waals surface area contributed by atoms with Crippen LogP contribution in [0.1, 0.15) is 58.3 Å². The molecule has 2 N–H and O–H groups in total. The predicted molar refractivity (Wildman–Crippen MR) is 69.5 cm³/mol. The van der Waals surface area contributed by atoms with E-state index in [1.54, 1.807) is 0 Å². The van der Waals surface area contributed by atoms with Crippen molar-refractivity contribution in [1.29, 1.82) is 0 Å². The van der Waals surface area contributed by atoms with Crippen molar-refractivity contribution < 1.29 is 0 Å². The number of hydrogen-bond donors (Lipinski definition) is 1. The summed E-state index contributed by atoms with van der Waals surface area (Å²) in [5.74, 6) is 0.928. The number of nitrogens with two attached hydrogens (primary N) is 1. The average Bonchev–Trinajstić information content (AvgIpc) is 2.56. The summed E-state index contributed by atoms with van der Waals surface area (Å²) >= 11 is 0. The van der Waals surface area contributed by atoms with Gasteiger partial charge in [-0.1, -0.05) is 32.6 Å². The molecule has 2 rings (SSSR count). The minimum absolute atomic E-state index is 0.372. The number of nitrogens with zero attached hydrogens (tertiary/aromatic N) is 1. The van der Waals surface area contributed by atoms with E-state index in [1.807, 2.05) is 0 Å². The molecule has 0 aromatic heterocycles. The summed E-state index contributed by atoms with van der Waals surface area (Å²) < 4.78 is 0. The second-order valence-electron chi connectivity index (χ2n) is 6.01. The van der Waals surface area contributed by atoms with E-state index in [2.05, 4.69) is 11.8 Å². The molecular weight excluding hydrogens is 196 g/mol. The predicted octanol–water partition coefficient (Wildman–Crippen LogP) is 2.77. The van der Waals surface area contributed by atoms with Gasteiger partial charge in [0.05, 0.1) is 0 Å². The van der Waals surface area contributed by atoms with Crippen LogP contribution in [-0.2, 0) is 0 Å². The van der Waals surface area contributed by atoms with Crippen molar-refractivity contribution in [2.45, 2.75) is 63.8 Å². The van der Waals surface area contributed by atoms with E-state index >= 15 is 0 Å². The fourth-order valence-corrected chi connectivity index (χ4v) is 3.52. The summed E-state index contributed by atoms with van der Waals surface area (Å²) in [6.07, 6.45) is 11.1. The summed E-state index contributed by atoms with van der Waals surface area (Å²) in [7, 11) is 0. The van der Waals surface area contributed by atoms with Gasteiger partial charge in [0.2, 0.25) is 0 Å². The maximum atomic E-state index is 6.13. The topological polar surface area (TPSA) is 29.3 Å². The zero-order chi connectivity index (χ0) is 11.4. The van der Waals surface area contributed by atoms with Gasteiger partial charge in [-0.05, 0) is 44.7 Å². The lowest BCUT2D eigenvalue weighted by Gasteiger charge is -2.46. The van der Waals surface area contributed by atoms with Crippen LogP contribution in [0, 0.1) is 5.92 Å². The molecule has 2 nitrogen and oxygen atoms in total. The monoisotopic (exact) mass is 224 g/mol. The van der Waals surface area contributed by atoms with E-state index in [0.717, 1.165) is 12.5 Å². The van der Waals surface area contributed by atoms with Crippen LogP contribution < -0.4 is 5.73 Å². The van der Waals surface area contributed by atoms with Crippen LogP contribution in [0.4, 0.5) is 0 Å². The molecule has 0 unspecified atom stereocenters. The standard InChI is InChI=1S/C14H28N2/c1-13-6-10-16(11-7-13)14(12-15)8-4-2-3-5-9-14/h13H,2-12,15H2,1H3. The normalized spacial score (nSPS) is 28.9. The molecule has 0 radical (unpaired) electrons. The summed E-state index contributed by atoms with van der Waals surface area (Å²) in [5.41, 5.74) is 6.50. The van der Waals surface area contributed by atoms with E-state index in [9.17, 15) is 0 Å². The molecule has 2 aliphatic rings. The van der Waals surface area contributed by atoms with Crippen molar-refractivity contribution in [2.24, 2.45) is 11.7 Å². The first-order chi connectivity index (χ1) is 7.77. The van der Waals surface area contributed by atoms with Crippen LogP contribution in [0.2, 0.25) is 0 Å². The van der Waals surface area contributed by atoms with E-state index < -0.39 is 0 Å². The van der Waals surface area contributed by atoms with Crippen LogP contribution >= 0.6 is 0 Å². The van der Waals surface area contributed by atoms with Gasteiger partial charge in [-0.3, -0.25) is 4.90 Å². The Morgan fingerprint density at radius 3 is 2.12 bits per heavy atom. The molecule has 1 aliphatic heterocycles. The SMILES string of the molecule is CC1CCN(C2(CN)CCCCCC2)CC1. The van der Waals surface area contributed by atoms with E-state index in [0.29, 0.717) is 5.54 Å². The van der Waals surface area contributed by atoms with Crippen LogP contribution in [0.3, 0.4) is 0 Å². The Kier molecular flexibility index (Phi) is 4.26. The third-order valence-electron chi connectivity index (χ3n) is 4.87. The van der Waals surface area contributed by atoms with Gasteiger partial charge in [0, 0.05) is 12.1 Å². The fourth-order valence-electron chi connectivity index (χ4n) is 3.52. The molecule has 1 aliphatic carbocycles. The lowest BCUT2D eigenvalue weighted by atomic mass is 9.85. The molecule has 0 amide bonds. The molecule has 2 heteroatoms. The molecule has 0 aromatic carbocycles. The first-order valence-electron chi connectivity index (χ1n) is 7.22. The zero-order valence-corrected chi connectivity index (χ0v) is 10.9. The molecule has 0 atom stereocenters. The Morgan fingerprint density at radius 2 is 1.62 bits per heavy atom. The Hall–Kier alpha value is -0.0800. The van der Waals surface area contributed by atoms with Gasteiger partial charge in [-0.15, -0.1) is 0 Å². The summed E-state index contributed by atoms with van der Waals surface area (Å²) in [6, 6.07) is 0.